The van der Waals surface area contributed by atoms with E-state index in [2.05, 4.69) is 0 Å². The highest BCUT2D eigenvalue weighted by Crippen LogP contribution is 2.19. The van der Waals surface area contributed by atoms with Crippen molar-refractivity contribution in [1.29, 1.82) is 0 Å². The van der Waals surface area contributed by atoms with E-state index in [1.54, 1.807) is 0 Å². The molecule has 1 amide bonds. The molecule has 0 aliphatic carbocycles. The summed E-state index contributed by atoms with van der Waals surface area (Å²) in [5.41, 5.74) is 1.18. The van der Waals surface area contributed by atoms with Crippen molar-refractivity contribution in [2.45, 2.75) is 26.4 Å². The number of nitrogens with zero attached hydrogens (tertiary/aromatic N) is 1. The summed E-state index contributed by atoms with van der Waals surface area (Å²) in [7, 11) is 0. The normalized spacial score (nSPS) is 15.2. The van der Waals surface area contributed by atoms with Crippen LogP contribution in [0.4, 0.5) is 0 Å². The lowest BCUT2D eigenvalue weighted by atomic mass is 10.1. The molecule has 0 radical (unpaired) electrons. The SMILES string of the molecule is CCOCCC(=O)N1CC(Oc2cccc(C)c2)C1. The number of likely N-dealkylation sites (tertiary alicyclic amines) is 1. The Morgan fingerprint density at radius 1 is 1.42 bits per heavy atom. The summed E-state index contributed by atoms with van der Waals surface area (Å²) in [4.78, 5) is 13.6. The number of hydrogen-bond acceptors (Lipinski definition) is 3. The van der Waals surface area contributed by atoms with Crippen molar-refractivity contribution in [3.63, 3.8) is 0 Å². The van der Waals surface area contributed by atoms with Crippen LogP contribution in [0.1, 0.15) is 18.9 Å². The molecule has 0 spiro atoms. The second-order valence-corrected chi connectivity index (χ2v) is 4.80. The Bertz CT molecular complexity index is 427. The first-order chi connectivity index (χ1) is 9.19. The zero-order valence-corrected chi connectivity index (χ0v) is 11.6. The average Bonchev–Trinajstić information content (AvgIpc) is 2.33. The number of amides is 1. The van der Waals surface area contributed by atoms with Gasteiger partial charge in [0, 0.05) is 6.61 Å². The molecule has 1 aromatic rings. The lowest BCUT2D eigenvalue weighted by Crippen LogP contribution is -2.56. The van der Waals surface area contributed by atoms with E-state index in [0.717, 1.165) is 5.75 Å². The minimum Gasteiger partial charge on any atom is -0.487 e. The van der Waals surface area contributed by atoms with Gasteiger partial charge in [-0.25, -0.2) is 0 Å². The molecule has 0 atom stereocenters. The second kappa shape index (κ2) is 6.57. The number of benzene rings is 1. The van der Waals surface area contributed by atoms with Crippen molar-refractivity contribution in [3.05, 3.63) is 29.8 Å². The summed E-state index contributed by atoms with van der Waals surface area (Å²) in [6, 6.07) is 7.98. The van der Waals surface area contributed by atoms with Gasteiger partial charge in [-0.2, -0.15) is 0 Å². The van der Waals surface area contributed by atoms with Gasteiger partial charge in [-0.1, -0.05) is 12.1 Å². The Labute approximate surface area is 114 Å². The number of ether oxygens (including phenoxy) is 2. The number of rotatable bonds is 6. The topological polar surface area (TPSA) is 38.8 Å². The molecule has 0 saturated carbocycles. The van der Waals surface area contributed by atoms with Crippen molar-refractivity contribution < 1.29 is 14.3 Å². The molecule has 4 heteroatoms. The summed E-state index contributed by atoms with van der Waals surface area (Å²) in [5.74, 6) is 1.03. The van der Waals surface area contributed by atoms with Crippen LogP contribution in [-0.2, 0) is 9.53 Å². The van der Waals surface area contributed by atoms with Crippen molar-refractivity contribution in [2.75, 3.05) is 26.3 Å². The van der Waals surface area contributed by atoms with Gasteiger partial charge in [0.25, 0.3) is 0 Å². The number of carbonyl (C=O) groups is 1. The molecule has 0 N–H and O–H groups in total. The van der Waals surface area contributed by atoms with E-state index in [1.165, 1.54) is 5.56 Å². The van der Waals surface area contributed by atoms with Gasteiger partial charge >= 0.3 is 0 Å². The predicted molar refractivity (Wildman–Crippen MR) is 73.3 cm³/mol. The quantitative estimate of drug-likeness (QED) is 0.737. The van der Waals surface area contributed by atoms with E-state index in [0.29, 0.717) is 32.7 Å². The Morgan fingerprint density at radius 2 is 2.21 bits per heavy atom. The maximum atomic E-state index is 11.7. The van der Waals surface area contributed by atoms with E-state index in [9.17, 15) is 4.79 Å². The number of hydrogen-bond donors (Lipinski definition) is 0. The van der Waals surface area contributed by atoms with E-state index < -0.39 is 0 Å². The lowest BCUT2D eigenvalue weighted by Gasteiger charge is -2.39. The summed E-state index contributed by atoms with van der Waals surface area (Å²) in [6.45, 7) is 6.50. The van der Waals surface area contributed by atoms with E-state index in [-0.39, 0.29) is 12.0 Å². The van der Waals surface area contributed by atoms with Crippen LogP contribution >= 0.6 is 0 Å². The zero-order valence-electron chi connectivity index (χ0n) is 11.6. The molecule has 104 valence electrons. The first-order valence-electron chi connectivity index (χ1n) is 6.78. The van der Waals surface area contributed by atoms with Crippen molar-refractivity contribution in [1.82, 2.24) is 4.90 Å². The Balaban J connectivity index is 1.70. The number of aryl methyl sites for hydroxylation is 1. The fourth-order valence-corrected chi connectivity index (χ4v) is 2.06. The van der Waals surface area contributed by atoms with Gasteiger partial charge < -0.3 is 14.4 Å². The van der Waals surface area contributed by atoms with Gasteiger partial charge in [-0.3, -0.25) is 4.79 Å². The molecule has 1 aliphatic rings. The van der Waals surface area contributed by atoms with Gasteiger partial charge in [-0.05, 0) is 31.5 Å². The van der Waals surface area contributed by atoms with Gasteiger partial charge in [0.1, 0.15) is 11.9 Å². The van der Waals surface area contributed by atoms with Crippen LogP contribution in [-0.4, -0.2) is 43.2 Å². The summed E-state index contributed by atoms with van der Waals surface area (Å²) >= 11 is 0. The molecule has 2 rings (SSSR count). The lowest BCUT2D eigenvalue weighted by molar-refractivity contribution is -0.141. The molecule has 0 unspecified atom stereocenters. The number of carbonyl (C=O) groups excluding carboxylic acids is 1. The second-order valence-electron chi connectivity index (χ2n) is 4.80. The third-order valence-electron chi connectivity index (χ3n) is 3.16. The minimum absolute atomic E-state index is 0.123. The molecule has 19 heavy (non-hydrogen) atoms. The molecule has 1 aliphatic heterocycles. The highest BCUT2D eigenvalue weighted by atomic mass is 16.5. The first-order valence-corrected chi connectivity index (χ1v) is 6.78. The Morgan fingerprint density at radius 3 is 2.89 bits per heavy atom. The van der Waals surface area contributed by atoms with Gasteiger partial charge in [0.2, 0.25) is 5.91 Å². The largest absolute Gasteiger partial charge is 0.487 e. The van der Waals surface area contributed by atoms with Crippen LogP contribution in [0.5, 0.6) is 5.75 Å². The molecule has 4 nitrogen and oxygen atoms in total. The Hall–Kier alpha value is -1.55. The minimum atomic E-state index is 0.123. The first kappa shape index (κ1) is 13.9. The van der Waals surface area contributed by atoms with Crippen LogP contribution in [0, 0.1) is 6.92 Å². The predicted octanol–water partition coefficient (Wildman–Crippen LogP) is 2.01. The van der Waals surface area contributed by atoms with Crippen molar-refractivity contribution >= 4 is 5.91 Å². The Kier molecular flexibility index (Phi) is 4.80. The average molecular weight is 263 g/mol. The van der Waals surface area contributed by atoms with Crippen LogP contribution in [0.3, 0.4) is 0 Å². The van der Waals surface area contributed by atoms with Crippen LogP contribution in [0.2, 0.25) is 0 Å². The maximum Gasteiger partial charge on any atom is 0.225 e. The fourth-order valence-electron chi connectivity index (χ4n) is 2.06. The third kappa shape index (κ3) is 3.96. The molecule has 1 saturated heterocycles. The van der Waals surface area contributed by atoms with E-state index in [4.69, 9.17) is 9.47 Å². The molecule has 1 aromatic carbocycles. The van der Waals surface area contributed by atoms with Crippen molar-refractivity contribution in [3.8, 4) is 5.75 Å². The van der Waals surface area contributed by atoms with Gasteiger partial charge in [0.05, 0.1) is 26.1 Å². The summed E-state index contributed by atoms with van der Waals surface area (Å²) in [6.07, 6.45) is 0.586. The van der Waals surface area contributed by atoms with Crippen LogP contribution in [0.15, 0.2) is 24.3 Å². The molecule has 1 fully saturated rings. The van der Waals surface area contributed by atoms with Crippen LogP contribution < -0.4 is 4.74 Å². The fraction of sp³-hybridized carbons (Fsp3) is 0.533. The van der Waals surface area contributed by atoms with E-state index >= 15 is 0 Å². The monoisotopic (exact) mass is 263 g/mol. The maximum absolute atomic E-state index is 11.7. The molecule has 0 aromatic heterocycles. The summed E-state index contributed by atoms with van der Waals surface area (Å²) in [5, 5.41) is 0. The third-order valence-corrected chi connectivity index (χ3v) is 3.16. The van der Waals surface area contributed by atoms with E-state index in [1.807, 2.05) is 43.0 Å². The zero-order chi connectivity index (χ0) is 13.7. The summed E-state index contributed by atoms with van der Waals surface area (Å²) < 4.78 is 11.0. The highest BCUT2D eigenvalue weighted by molar-refractivity contribution is 5.77. The molecular weight excluding hydrogens is 242 g/mol. The molecule has 1 heterocycles. The smallest absolute Gasteiger partial charge is 0.225 e. The standard InChI is InChI=1S/C15H21NO3/c1-3-18-8-7-15(17)16-10-14(11-16)19-13-6-4-5-12(2)9-13/h4-6,9,14H,3,7-8,10-11H2,1-2H3. The molecular formula is C15H21NO3. The van der Waals surface area contributed by atoms with Gasteiger partial charge in [0.15, 0.2) is 0 Å². The highest BCUT2D eigenvalue weighted by Gasteiger charge is 2.31. The van der Waals surface area contributed by atoms with Gasteiger partial charge in [-0.15, -0.1) is 0 Å². The van der Waals surface area contributed by atoms with Crippen molar-refractivity contribution in [2.24, 2.45) is 0 Å². The van der Waals surface area contributed by atoms with Crippen LogP contribution in [0.25, 0.3) is 0 Å². The molecule has 0 bridgehead atoms.